The molecule has 0 rings (SSSR count). The molecule has 0 aliphatic carbocycles. The minimum absolute atomic E-state index is 0.0164. The third-order valence-electron chi connectivity index (χ3n) is 3.57. The zero-order valence-corrected chi connectivity index (χ0v) is 18.7. The number of esters is 1. The van der Waals surface area contributed by atoms with Crippen molar-refractivity contribution >= 4 is 17.9 Å². The number of carboxylic acids is 2. The average molecular weight is 452 g/mol. The number of carbonyl (C=O) groups excluding carboxylic acids is 1. The van der Waals surface area contributed by atoms with Gasteiger partial charge in [0, 0.05) is 13.0 Å². The van der Waals surface area contributed by atoms with Gasteiger partial charge in [-0.05, 0) is 27.2 Å². The molecule has 0 spiro atoms. The van der Waals surface area contributed by atoms with E-state index in [4.69, 9.17) is 33.9 Å². The highest BCUT2D eigenvalue weighted by Crippen LogP contribution is 2.08. The van der Waals surface area contributed by atoms with Crippen molar-refractivity contribution in [3.63, 3.8) is 0 Å². The highest BCUT2D eigenvalue weighted by Gasteiger charge is 2.17. The van der Waals surface area contributed by atoms with Gasteiger partial charge in [0.1, 0.15) is 11.6 Å². The van der Waals surface area contributed by atoms with Gasteiger partial charge >= 0.3 is 17.9 Å². The maximum atomic E-state index is 11.5. The Morgan fingerprint density at radius 3 is 1.71 bits per heavy atom. The van der Waals surface area contributed by atoms with Crippen LogP contribution in [-0.4, -0.2) is 99.2 Å². The fraction of sp³-hybridized carbons (Fsp3) is 0.850. The first-order valence-corrected chi connectivity index (χ1v) is 10.3. The molecule has 0 amide bonds. The third kappa shape index (κ3) is 21.2. The van der Waals surface area contributed by atoms with Crippen LogP contribution in [0.4, 0.5) is 0 Å². The summed E-state index contributed by atoms with van der Waals surface area (Å²) in [5.74, 6) is -2.41. The van der Waals surface area contributed by atoms with E-state index in [1.807, 2.05) is 20.8 Å². The van der Waals surface area contributed by atoms with Gasteiger partial charge in [-0.15, -0.1) is 0 Å². The van der Waals surface area contributed by atoms with Crippen LogP contribution >= 0.6 is 0 Å². The molecule has 1 atom stereocenters. The molecule has 0 fully saturated rings. The van der Waals surface area contributed by atoms with Crippen molar-refractivity contribution in [3.05, 3.63) is 0 Å². The smallest absolute Gasteiger partial charge is 0.320 e. The van der Waals surface area contributed by atoms with Crippen molar-refractivity contribution in [2.45, 2.75) is 51.7 Å². The lowest BCUT2D eigenvalue weighted by Crippen LogP contribution is -2.39. The molecule has 0 aromatic heterocycles. The molecule has 11 heteroatoms. The average Bonchev–Trinajstić information content (AvgIpc) is 2.65. The largest absolute Gasteiger partial charge is 0.481 e. The number of hydrogen-bond acceptors (Lipinski definition) is 9. The molecule has 3 N–H and O–H groups in total. The van der Waals surface area contributed by atoms with E-state index < -0.39 is 23.6 Å². The quantitative estimate of drug-likeness (QED) is 0.177. The van der Waals surface area contributed by atoms with E-state index in [1.54, 1.807) is 0 Å². The first-order chi connectivity index (χ1) is 14.6. The third-order valence-corrected chi connectivity index (χ3v) is 3.57. The summed E-state index contributed by atoms with van der Waals surface area (Å²) < 4.78 is 26.5. The molecule has 0 aromatic rings. The van der Waals surface area contributed by atoms with Gasteiger partial charge < -0.3 is 39.2 Å². The van der Waals surface area contributed by atoms with E-state index in [2.05, 4.69) is 5.32 Å². The van der Waals surface area contributed by atoms with Crippen LogP contribution in [0.25, 0.3) is 0 Å². The van der Waals surface area contributed by atoms with E-state index in [9.17, 15) is 14.4 Å². The Morgan fingerprint density at radius 2 is 1.26 bits per heavy atom. The molecular formula is C20H37NO10. The standard InChI is InChI=1S/C20H37NO10/c1-20(2,3)31-18(24)6-8-27-10-12-29-14-15-30-13-11-28-9-7-21-16(19(25)26)4-5-17(22)23/h16,21H,4-15H2,1-3H3,(H,22,23)(H,25,26). The molecule has 182 valence electrons. The predicted octanol–water partition coefficient (Wildman–Crippen LogP) is 0.692. The van der Waals surface area contributed by atoms with Gasteiger partial charge in [-0.1, -0.05) is 0 Å². The lowest BCUT2D eigenvalue weighted by atomic mass is 10.1. The molecule has 11 nitrogen and oxygen atoms in total. The maximum absolute atomic E-state index is 11.5. The molecule has 0 saturated heterocycles. The fourth-order valence-electron chi connectivity index (χ4n) is 2.20. The van der Waals surface area contributed by atoms with Crippen LogP contribution < -0.4 is 5.32 Å². The second-order valence-electron chi connectivity index (χ2n) is 7.56. The number of rotatable bonds is 20. The first kappa shape index (κ1) is 29.2. The summed E-state index contributed by atoms with van der Waals surface area (Å²) in [6, 6.07) is -0.908. The van der Waals surface area contributed by atoms with E-state index >= 15 is 0 Å². The lowest BCUT2D eigenvalue weighted by molar-refractivity contribution is -0.156. The highest BCUT2D eigenvalue weighted by atomic mass is 16.6. The van der Waals surface area contributed by atoms with Gasteiger partial charge in [0.2, 0.25) is 0 Å². The van der Waals surface area contributed by atoms with Crippen LogP contribution in [0, 0.1) is 0 Å². The highest BCUT2D eigenvalue weighted by molar-refractivity contribution is 5.75. The van der Waals surface area contributed by atoms with Gasteiger partial charge in [0.15, 0.2) is 0 Å². The number of nitrogens with one attached hydrogen (secondary N) is 1. The van der Waals surface area contributed by atoms with Crippen molar-refractivity contribution in [2.24, 2.45) is 0 Å². The summed E-state index contributed by atoms with van der Waals surface area (Å²) in [5.41, 5.74) is -0.491. The van der Waals surface area contributed by atoms with Gasteiger partial charge in [0.05, 0.1) is 59.3 Å². The van der Waals surface area contributed by atoms with Crippen molar-refractivity contribution < 1.29 is 48.3 Å². The SMILES string of the molecule is CC(C)(C)OC(=O)CCOCCOCCOCCOCCNC(CCC(=O)O)C(=O)O. The van der Waals surface area contributed by atoms with Crippen LogP contribution in [0.3, 0.4) is 0 Å². The molecule has 1 unspecified atom stereocenters. The Morgan fingerprint density at radius 1 is 0.774 bits per heavy atom. The van der Waals surface area contributed by atoms with Gasteiger partial charge in [-0.2, -0.15) is 0 Å². The first-order valence-electron chi connectivity index (χ1n) is 10.3. The Kier molecular flexibility index (Phi) is 16.8. The maximum Gasteiger partial charge on any atom is 0.320 e. The van der Waals surface area contributed by atoms with Crippen LogP contribution in [0.15, 0.2) is 0 Å². The molecule has 0 aliphatic heterocycles. The number of carbonyl (C=O) groups is 3. The van der Waals surface area contributed by atoms with Crippen LogP contribution in [0.1, 0.15) is 40.0 Å². The van der Waals surface area contributed by atoms with E-state index in [0.29, 0.717) is 46.2 Å². The van der Waals surface area contributed by atoms with E-state index in [1.165, 1.54) is 0 Å². The summed E-state index contributed by atoms with van der Waals surface area (Å²) in [7, 11) is 0. The predicted molar refractivity (Wildman–Crippen MR) is 110 cm³/mol. The summed E-state index contributed by atoms with van der Waals surface area (Å²) >= 11 is 0. The Labute approximate surface area is 183 Å². The molecule has 0 saturated carbocycles. The fourth-order valence-corrected chi connectivity index (χ4v) is 2.20. The summed E-state index contributed by atoms with van der Waals surface area (Å²) in [4.78, 5) is 33.0. The van der Waals surface area contributed by atoms with Crippen molar-refractivity contribution in [2.75, 3.05) is 59.4 Å². The van der Waals surface area contributed by atoms with Gasteiger partial charge in [0.25, 0.3) is 0 Å². The number of carboxylic acid groups (broad SMARTS) is 2. The van der Waals surface area contributed by atoms with Crippen molar-refractivity contribution in [3.8, 4) is 0 Å². The topological polar surface area (TPSA) is 150 Å². The molecule has 0 aliphatic rings. The zero-order chi connectivity index (χ0) is 23.5. The molecule has 0 aromatic carbocycles. The van der Waals surface area contributed by atoms with E-state index in [-0.39, 0.29) is 38.4 Å². The minimum atomic E-state index is -1.09. The monoisotopic (exact) mass is 451 g/mol. The number of hydrogen-bond donors (Lipinski definition) is 3. The van der Waals surface area contributed by atoms with Crippen LogP contribution in [0.5, 0.6) is 0 Å². The van der Waals surface area contributed by atoms with Gasteiger partial charge in [-0.25, -0.2) is 0 Å². The van der Waals surface area contributed by atoms with Gasteiger partial charge in [-0.3, -0.25) is 14.4 Å². The Bertz CT molecular complexity index is 507. The summed E-state index contributed by atoms with van der Waals surface area (Å²) in [5, 5.41) is 20.3. The Balaban J connectivity index is 3.39. The normalized spacial score (nSPS) is 12.5. The molecule has 31 heavy (non-hydrogen) atoms. The van der Waals surface area contributed by atoms with Crippen LogP contribution in [0.2, 0.25) is 0 Å². The summed E-state index contributed by atoms with van der Waals surface area (Å²) in [6.45, 7) is 8.61. The molecular weight excluding hydrogens is 414 g/mol. The minimum Gasteiger partial charge on any atom is -0.481 e. The molecule has 0 heterocycles. The van der Waals surface area contributed by atoms with Crippen molar-refractivity contribution in [1.82, 2.24) is 5.32 Å². The molecule has 0 radical (unpaired) electrons. The van der Waals surface area contributed by atoms with Crippen molar-refractivity contribution in [1.29, 1.82) is 0 Å². The van der Waals surface area contributed by atoms with Crippen LogP contribution in [-0.2, 0) is 38.1 Å². The molecule has 0 bridgehead atoms. The second kappa shape index (κ2) is 17.8. The lowest BCUT2D eigenvalue weighted by Gasteiger charge is -2.19. The summed E-state index contributed by atoms with van der Waals surface area (Å²) in [6.07, 6.45) is 0.0106. The second-order valence-corrected chi connectivity index (χ2v) is 7.56. The Hall–Kier alpha value is -1.79. The number of aliphatic carboxylic acids is 2. The number of ether oxygens (including phenoxy) is 5. The van der Waals surface area contributed by atoms with E-state index in [0.717, 1.165) is 0 Å². The zero-order valence-electron chi connectivity index (χ0n) is 18.7.